The molecule has 1 fully saturated rings. The van der Waals surface area contributed by atoms with Crippen molar-refractivity contribution in [1.82, 2.24) is 14.9 Å². The van der Waals surface area contributed by atoms with E-state index in [1.54, 1.807) is 11.8 Å². The number of aromatic nitrogens is 2. The molecule has 7 heteroatoms. The van der Waals surface area contributed by atoms with E-state index in [9.17, 15) is 8.42 Å². The van der Waals surface area contributed by atoms with Gasteiger partial charge in [0.1, 0.15) is 0 Å². The molecule has 2 rings (SSSR count). The molecule has 90 valence electrons. The van der Waals surface area contributed by atoms with Gasteiger partial charge in [0, 0.05) is 11.3 Å². The van der Waals surface area contributed by atoms with Crippen molar-refractivity contribution in [2.75, 3.05) is 6.26 Å². The maximum Gasteiger partial charge on any atom is 0.257 e. The summed E-state index contributed by atoms with van der Waals surface area (Å²) >= 11 is 1.80. The molecule has 1 aromatic heterocycles. The Morgan fingerprint density at radius 3 is 2.94 bits per heavy atom. The fourth-order valence-electron chi connectivity index (χ4n) is 1.94. The van der Waals surface area contributed by atoms with Crippen LogP contribution in [0.3, 0.4) is 0 Å². The van der Waals surface area contributed by atoms with Gasteiger partial charge in [-0.2, -0.15) is 16.9 Å². The molecule has 0 bridgehead atoms. The molecule has 2 unspecified atom stereocenters. The van der Waals surface area contributed by atoms with Gasteiger partial charge >= 0.3 is 0 Å². The Labute approximate surface area is 99.4 Å². The average molecular weight is 261 g/mol. The Balaban J connectivity index is 2.00. The highest BCUT2D eigenvalue weighted by molar-refractivity contribution is 7.99. The van der Waals surface area contributed by atoms with E-state index >= 15 is 0 Å². The molecule has 0 radical (unpaired) electrons. The Morgan fingerprint density at radius 1 is 1.56 bits per heavy atom. The van der Waals surface area contributed by atoms with Crippen molar-refractivity contribution in [2.45, 2.75) is 35.6 Å². The van der Waals surface area contributed by atoms with Crippen LogP contribution < -0.4 is 4.72 Å². The van der Waals surface area contributed by atoms with E-state index in [-0.39, 0.29) is 11.1 Å². The van der Waals surface area contributed by atoms with Crippen molar-refractivity contribution in [1.29, 1.82) is 0 Å². The first-order valence-corrected chi connectivity index (χ1v) is 7.93. The van der Waals surface area contributed by atoms with Crippen LogP contribution in [0.15, 0.2) is 17.3 Å². The zero-order chi connectivity index (χ0) is 11.6. The van der Waals surface area contributed by atoms with Crippen LogP contribution in [0.5, 0.6) is 0 Å². The third kappa shape index (κ3) is 2.58. The SMILES string of the molecule is CSC1CCC(NS(=O)(=O)c2ccn[nH]2)C1. The second kappa shape index (κ2) is 4.77. The maximum absolute atomic E-state index is 11.9. The summed E-state index contributed by atoms with van der Waals surface area (Å²) in [5.41, 5.74) is 0. The number of H-pyrrole nitrogens is 1. The van der Waals surface area contributed by atoms with Crippen molar-refractivity contribution in [2.24, 2.45) is 0 Å². The summed E-state index contributed by atoms with van der Waals surface area (Å²) < 4.78 is 26.4. The van der Waals surface area contributed by atoms with E-state index in [0.29, 0.717) is 5.25 Å². The Kier molecular flexibility index (Phi) is 3.56. The molecule has 1 heterocycles. The zero-order valence-electron chi connectivity index (χ0n) is 9.01. The lowest BCUT2D eigenvalue weighted by atomic mass is 10.3. The van der Waals surface area contributed by atoms with E-state index in [1.807, 2.05) is 0 Å². The monoisotopic (exact) mass is 261 g/mol. The van der Waals surface area contributed by atoms with Gasteiger partial charge < -0.3 is 0 Å². The Morgan fingerprint density at radius 2 is 2.38 bits per heavy atom. The Bertz CT molecular complexity index is 430. The van der Waals surface area contributed by atoms with Gasteiger partial charge in [0.05, 0.1) is 6.20 Å². The maximum atomic E-state index is 11.9. The number of nitrogens with zero attached hydrogens (tertiary/aromatic N) is 1. The predicted molar refractivity (Wildman–Crippen MR) is 63.9 cm³/mol. The van der Waals surface area contributed by atoms with Gasteiger partial charge in [-0.1, -0.05) is 0 Å². The number of sulfonamides is 1. The number of aromatic amines is 1. The molecule has 0 saturated heterocycles. The van der Waals surface area contributed by atoms with Crippen molar-refractivity contribution >= 4 is 21.8 Å². The van der Waals surface area contributed by atoms with E-state index in [4.69, 9.17) is 0 Å². The minimum atomic E-state index is -3.41. The first kappa shape index (κ1) is 11.9. The van der Waals surface area contributed by atoms with E-state index < -0.39 is 10.0 Å². The second-order valence-corrected chi connectivity index (χ2v) is 6.73. The third-order valence-corrected chi connectivity index (χ3v) is 5.35. The molecule has 1 saturated carbocycles. The number of hydrogen-bond acceptors (Lipinski definition) is 4. The lowest BCUT2D eigenvalue weighted by Crippen LogP contribution is -2.33. The zero-order valence-corrected chi connectivity index (χ0v) is 10.6. The summed E-state index contributed by atoms with van der Waals surface area (Å²) in [5.74, 6) is 0. The number of thioether (sulfide) groups is 1. The van der Waals surface area contributed by atoms with Crippen molar-refractivity contribution < 1.29 is 8.42 Å². The van der Waals surface area contributed by atoms with E-state index in [1.165, 1.54) is 12.3 Å². The first-order valence-electron chi connectivity index (χ1n) is 5.16. The van der Waals surface area contributed by atoms with Crippen molar-refractivity contribution in [3.05, 3.63) is 12.3 Å². The van der Waals surface area contributed by atoms with E-state index in [0.717, 1.165) is 19.3 Å². The largest absolute Gasteiger partial charge is 0.266 e. The molecule has 16 heavy (non-hydrogen) atoms. The lowest BCUT2D eigenvalue weighted by molar-refractivity contribution is 0.549. The number of nitrogens with one attached hydrogen (secondary N) is 2. The molecule has 0 amide bonds. The number of hydrogen-bond donors (Lipinski definition) is 2. The normalized spacial score (nSPS) is 26.1. The van der Waals surface area contributed by atoms with Gasteiger partial charge in [-0.15, -0.1) is 0 Å². The van der Waals surface area contributed by atoms with Crippen LogP contribution in [0.1, 0.15) is 19.3 Å². The van der Waals surface area contributed by atoms with Gasteiger partial charge in [-0.25, -0.2) is 13.1 Å². The highest BCUT2D eigenvalue weighted by atomic mass is 32.2. The van der Waals surface area contributed by atoms with Gasteiger partial charge in [0.25, 0.3) is 10.0 Å². The highest BCUT2D eigenvalue weighted by Crippen LogP contribution is 2.28. The van der Waals surface area contributed by atoms with E-state index in [2.05, 4.69) is 21.2 Å². The molecular weight excluding hydrogens is 246 g/mol. The van der Waals surface area contributed by atoms with Crippen LogP contribution in [0.2, 0.25) is 0 Å². The van der Waals surface area contributed by atoms with Crippen LogP contribution in [0.25, 0.3) is 0 Å². The Hall–Kier alpha value is -0.530. The smallest absolute Gasteiger partial charge is 0.257 e. The minimum Gasteiger partial charge on any atom is -0.266 e. The molecule has 0 aromatic carbocycles. The minimum absolute atomic E-state index is 0.0609. The molecule has 0 spiro atoms. The first-order chi connectivity index (χ1) is 7.62. The highest BCUT2D eigenvalue weighted by Gasteiger charge is 2.28. The summed E-state index contributed by atoms with van der Waals surface area (Å²) in [6.07, 6.45) is 6.41. The summed E-state index contributed by atoms with van der Waals surface area (Å²) in [6.45, 7) is 0. The molecule has 0 aliphatic heterocycles. The van der Waals surface area contributed by atoms with Crippen molar-refractivity contribution in [3.8, 4) is 0 Å². The van der Waals surface area contributed by atoms with Crippen LogP contribution in [0, 0.1) is 0 Å². The average Bonchev–Trinajstić information content (AvgIpc) is 2.86. The molecule has 1 aliphatic carbocycles. The summed E-state index contributed by atoms with van der Waals surface area (Å²) in [6, 6.07) is 1.52. The summed E-state index contributed by atoms with van der Waals surface area (Å²) in [7, 11) is -3.41. The van der Waals surface area contributed by atoms with Gasteiger partial charge in [0.15, 0.2) is 5.03 Å². The summed E-state index contributed by atoms with van der Waals surface area (Å²) in [5, 5.41) is 6.83. The van der Waals surface area contributed by atoms with Gasteiger partial charge in [-0.3, -0.25) is 5.10 Å². The molecule has 1 aromatic rings. The van der Waals surface area contributed by atoms with Gasteiger partial charge in [0.2, 0.25) is 0 Å². The molecule has 2 atom stereocenters. The standard InChI is InChI=1S/C9H15N3O2S2/c1-15-8-3-2-7(6-8)12-16(13,14)9-4-5-10-11-9/h4-5,7-8,12H,2-3,6H2,1H3,(H,10,11). The molecule has 2 N–H and O–H groups in total. The predicted octanol–water partition coefficient (Wildman–Crippen LogP) is 0.972. The molecule has 1 aliphatic rings. The lowest BCUT2D eigenvalue weighted by Gasteiger charge is -2.11. The van der Waals surface area contributed by atoms with Gasteiger partial charge in [-0.05, 0) is 31.6 Å². The van der Waals surface area contributed by atoms with Crippen LogP contribution in [-0.2, 0) is 10.0 Å². The fourth-order valence-corrected chi connectivity index (χ4v) is 3.93. The number of rotatable bonds is 4. The van der Waals surface area contributed by atoms with Crippen LogP contribution in [-0.4, -0.2) is 36.2 Å². The topological polar surface area (TPSA) is 74.8 Å². The second-order valence-electron chi connectivity index (χ2n) is 3.91. The van der Waals surface area contributed by atoms with Crippen molar-refractivity contribution in [3.63, 3.8) is 0 Å². The van der Waals surface area contributed by atoms with Crippen LogP contribution in [0.4, 0.5) is 0 Å². The van der Waals surface area contributed by atoms with Crippen LogP contribution >= 0.6 is 11.8 Å². The molecule has 5 nitrogen and oxygen atoms in total. The third-order valence-electron chi connectivity index (χ3n) is 2.80. The quantitative estimate of drug-likeness (QED) is 0.847. The fraction of sp³-hybridized carbons (Fsp3) is 0.667. The summed E-state index contributed by atoms with van der Waals surface area (Å²) in [4.78, 5) is 0. The molecular formula is C9H15N3O2S2.